The third-order valence-corrected chi connectivity index (χ3v) is 4.18. The van der Waals surface area contributed by atoms with Crippen molar-refractivity contribution in [3.05, 3.63) is 58.2 Å². The Balaban J connectivity index is 2.23. The Hall–Kier alpha value is -2.27. The summed E-state index contributed by atoms with van der Waals surface area (Å²) in [5.74, 6) is 0.257. The Morgan fingerprint density at radius 1 is 1.15 bits per heavy atom. The van der Waals surface area contributed by atoms with E-state index in [4.69, 9.17) is 0 Å². The number of hydrogen-bond donors (Lipinski definition) is 1. The van der Waals surface area contributed by atoms with Crippen LogP contribution < -0.4 is 4.73 Å². The summed E-state index contributed by atoms with van der Waals surface area (Å²) < 4.78 is 1.76. The van der Waals surface area contributed by atoms with Crippen LogP contribution in [0.2, 0.25) is 0 Å². The molecule has 0 fully saturated rings. The van der Waals surface area contributed by atoms with Crippen molar-refractivity contribution in [1.82, 2.24) is 4.73 Å². The maximum Gasteiger partial charge on any atom is 0.342 e. The van der Waals surface area contributed by atoms with Gasteiger partial charge in [0.1, 0.15) is 4.88 Å². The molecule has 0 bridgehead atoms. The van der Waals surface area contributed by atoms with Gasteiger partial charge in [0.2, 0.25) is 5.69 Å². The largest absolute Gasteiger partial charge is 0.710 e. The zero-order valence-corrected chi connectivity index (χ0v) is 12.0. The summed E-state index contributed by atoms with van der Waals surface area (Å²) in [6, 6.07) is 11.4. The maximum absolute atomic E-state index is 12.3. The molecule has 4 nitrogen and oxygen atoms in total. The van der Waals surface area contributed by atoms with Crippen LogP contribution >= 0.6 is 11.3 Å². The van der Waals surface area contributed by atoms with E-state index in [2.05, 4.69) is 0 Å². The van der Waals surface area contributed by atoms with E-state index >= 15 is 0 Å². The van der Waals surface area contributed by atoms with E-state index in [0.717, 1.165) is 25.5 Å². The van der Waals surface area contributed by atoms with E-state index in [1.165, 1.54) is 11.3 Å². The molecule has 1 N–H and O–H groups in total. The summed E-state index contributed by atoms with van der Waals surface area (Å²) >= 11 is 1.42. The number of rotatable bonds is 2. The average molecular weight is 286 g/mol. The molecule has 2 heterocycles. The third kappa shape index (κ3) is 1.87. The topological polar surface area (TPSA) is 52.1 Å². The van der Waals surface area contributed by atoms with Crippen LogP contribution in [-0.4, -0.2) is 9.94 Å². The Morgan fingerprint density at radius 3 is 2.45 bits per heavy atom. The zero-order chi connectivity index (χ0) is 14.3. The third-order valence-electron chi connectivity index (χ3n) is 3.32. The summed E-state index contributed by atoms with van der Waals surface area (Å²) in [6.07, 6.45) is 0. The fraction of sp³-hybridized carbons (Fsp3) is 0.133. The lowest BCUT2D eigenvalue weighted by molar-refractivity contribution is -0.600. The molecule has 0 aliphatic carbocycles. The quantitative estimate of drug-likeness (QED) is 0.446. The summed E-state index contributed by atoms with van der Waals surface area (Å²) in [6.45, 7) is 3.71. The predicted molar refractivity (Wildman–Crippen MR) is 78.8 cm³/mol. The van der Waals surface area contributed by atoms with E-state index in [9.17, 15) is 10.4 Å². The van der Waals surface area contributed by atoms with Gasteiger partial charge in [0.15, 0.2) is 5.69 Å². The second-order valence-electron chi connectivity index (χ2n) is 4.71. The van der Waals surface area contributed by atoms with Gasteiger partial charge in [-0.1, -0.05) is 35.9 Å². The van der Waals surface area contributed by atoms with Gasteiger partial charge < -0.3 is 10.4 Å². The van der Waals surface area contributed by atoms with Gasteiger partial charge in [-0.25, -0.2) is 4.73 Å². The van der Waals surface area contributed by atoms with Crippen molar-refractivity contribution >= 4 is 11.3 Å². The first-order valence-electron chi connectivity index (χ1n) is 6.24. The first-order valence-corrected chi connectivity index (χ1v) is 7.12. The molecule has 102 valence electrons. The molecule has 20 heavy (non-hydrogen) atoms. The second-order valence-corrected chi connectivity index (χ2v) is 5.65. The van der Waals surface area contributed by atoms with Crippen molar-refractivity contribution in [3.63, 3.8) is 0 Å². The summed E-state index contributed by atoms with van der Waals surface area (Å²) in [4.78, 5) is 0.740. The van der Waals surface area contributed by atoms with Crippen LogP contribution in [0.3, 0.4) is 0 Å². The lowest BCUT2D eigenvalue weighted by Gasteiger charge is -2.01. The Labute approximate surface area is 120 Å². The minimum atomic E-state index is 0.257. The highest BCUT2D eigenvalue weighted by atomic mass is 32.1. The minimum Gasteiger partial charge on any atom is -0.710 e. The van der Waals surface area contributed by atoms with E-state index in [1.54, 1.807) is 6.92 Å². The molecule has 0 radical (unpaired) electrons. The highest BCUT2D eigenvalue weighted by Gasteiger charge is 2.28. The molecule has 0 aliphatic rings. The van der Waals surface area contributed by atoms with Crippen LogP contribution in [0.25, 0.3) is 22.0 Å². The van der Waals surface area contributed by atoms with Crippen LogP contribution in [0.15, 0.2) is 41.8 Å². The molecule has 0 atom stereocenters. The highest BCUT2D eigenvalue weighted by molar-refractivity contribution is 7.13. The van der Waals surface area contributed by atoms with Crippen molar-refractivity contribution in [2.45, 2.75) is 13.8 Å². The summed E-state index contributed by atoms with van der Waals surface area (Å²) in [7, 11) is 0. The van der Waals surface area contributed by atoms with Gasteiger partial charge in [-0.05, 0) is 23.1 Å². The van der Waals surface area contributed by atoms with Crippen LogP contribution in [-0.2, 0) is 0 Å². The Kier molecular flexibility index (Phi) is 2.99. The molecule has 1 aromatic carbocycles. The molecule has 0 saturated carbocycles. The molecule has 2 aromatic heterocycles. The number of aryl methyl sites for hydroxylation is 1. The van der Waals surface area contributed by atoms with Gasteiger partial charge in [-0.3, -0.25) is 0 Å². The first-order chi connectivity index (χ1) is 9.59. The molecule has 0 saturated heterocycles. The zero-order valence-electron chi connectivity index (χ0n) is 11.2. The lowest BCUT2D eigenvalue weighted by Crippen LogP contribution is -2.30. The predicted octanol–water partition coefficient (Wildman–Crippen LogP) is 3.37. The van der Waals surface area contributed by atoms with Crippen LogP contribution in [0.4, 0.5) is 0 Å². The van der Waals surface area contributed by atoms with Gasteiger partial charge in [-0.15, -0.1) is 11.3 Å². The SMILES string of the molecule is Cc1ccc(-c2c(C)[n+]([O-])c(-c3cccs3)n2O)cc1. The summed E-state index contributed by atoms with van der Waals surface area (Å²) in [5.41, 5.74) is 2.97. The maximum atomic E-state index is 12.3. The number of aromatic nitrogens is 2. The van der Waals surface area contributed by atoms with Gasteiger partial charge in [0.25, 0.3) is 0 Å². The Morgan fingerprint density at radius 2 is 1.85 bits per heavy atom. The van der Waals surface area contributed by atoms with E-state index in [-0.39, 0.29) is 5.82 Å². The van der Waals surface area contributed by atoms with Gasteiger partial charge in [-0.2, -0.15) is 0 Å². The lowest BCUT2D eigenvalue weighted by atomic mass is 10.1. The standard InChI is InChI=1S/C15H14N2O2S/c1-10-5-7-12(8-6-10)14-11(2)16(18)15(17(14)19)13-4-3-9-20-13/h3-9,19H,1-2H3. The first kappa shape index (κ1) is 12.7. The highest BCUT2D eigenvalue weighted by Crippen LogP contribution is 2.29. The van der Waals surface area contributed by atoms with Gasteiger partial charge in [0, 0.05) is 12.5 Å². The minimum absolute atomic E-state index is 0.257. The van der Waals surface area contributed by atoms with Crippen LogP contribution in [0, 0.1) is 19.1 Å². The van der Waals surface area contributed by atoms with Crippen molar-refractivity contribution < 1.29 is 9.94 Å². The van der Waals surface area contributed by atoms with Gasteiger partial charge >= 0.3 is 5.82 Å². The second kappa shape index (κ2) is 4.68. The number of benzene rings is 1. The number of nitrogens with zero attached hydrogens (tertiary/aromatic N) is 2. The normalized spacial score (nSPS) is 10.9. The monoisotopic (exact) mass is 286 g/mol. The Bertz CT molecular complexity index is 743. The van der Waals surface area contributed by atoms with Crippen molar-refractivity contribution in [2.75, 3.05) is 0 Å². The number of thiophene rings is 1. The molecule has 0 spiro atoms. The fourth-order valence-electron chi connectivity index (χ4n) is 2.25. The molecule has 5 heteroatoms. The molecular formula is C15H14N2O2S. The average Bonchev–Trinajstić information content (AvgIpc) is 3.01. The van der Waals surface area contributed by atoms with Crippen molar-refractivity contribution in [1.29, 1.82) is 0 Å². The van der Waals surface area contributed by atoms with Crippen molar-refractivity contribution in [2.24, 2.45) is 0 Å². The van der Waals surface area contributed by atoms with E-state index in [1.807, 2.05) is 48.7 Å². The molecule has 0 unspecified atom stereocenters. The molecule has 0 aliphatic heterocycles. The van der Waals surface area contributed by atoms with E-state index in [0.29, 0.717) is 11.4 Å². The van der Waals surface area contributed by atoms with Gasteiger partial charge in [0.05, 0.1) is 0 Å². The number of hydrogen-bond acceptors (Lipinski definition) is 3. The number of imidazole rings is 1. The molecule has 3 rings (SSSR count). The molecule has 3 aromatic rings. The fourth-order valence-corrected chi connectivity index (χ4v) is 2.99. The van der Waals surface area contributed by atoms with Crippen LogP contribution in [0.1, 0.15) is 11.3 Å². The van der Waals surface area contributed by atoms with E-state index < -0.39 is 0 Å². The molecular weight excluding hydrogens is 272 g/mol. The summed E-state index contributed by atoms with van der Waals surface area (Å²) in [5, 5.41) is 24.6. The van der Waals surface area contributed by atoms with Crippen LogP contribution in [0.5, 0.6) is 0 Å². The van der Waals surface area contributed by atoms with Crippen molar-refractivity contribution in [3.8, 4) is 22.0 Å². The smallest absolute Gasteiger partial charge is 0.342 e. The molecule has 0 amide bonds.